The maximum absolute atomic E-state index is 10.2. The Morgan fingerprint density at radius 2 is 1.25 bits per heavy atom. The van der Waals surface area contributed by atoms with Crippen LogP contribution in [0.15, 0.2) is 0 Å². The van der Waals surface area contributed by atoms with E-state index in [1.807, 2.05) is 0 Å². The molecule has 16 heavy (non-hydrogen) atoms. The van der Waals surface area contributed by atoms with Crippen molar-refractivity contribution in [3.8, 4) is 0 Å². The minimum atomic E-state index is -0.659. The van der Waals surface area contributed by atoms with Crippen LogP contribution in [0.5, 0.6) is 0 Å². The first-order valence-corrected chi connectivity index (χ1v) is 5.99. The number of hydrogen-bond acceptors (Lipinski definition) is 1. The molecule has 0 heterocycles. The Kier molecular flexibility index (Phi) is 24.1. The number of hydrogen-bond donors (Lipinski definition) is 1. The van der Waals surface area contributed by atoms with Gasteiger partial charge in [-0.2, -0.15) is 0 Å². The third kappa shape index (κ3) is 19.9. The summed E-state index contributed by atoms with van der Waals surface area (Å²) in [4.78, 5) is 10.2. The normalized spacial score (nSPS) is 9.06. The maximum Gasteiger partial charge on any atom is 1.00 e. The Hall–Kier alpha value is 0.430. The van der Waals surface area contributed by atoms with Gasteiger partial charge in [-0.05, 0) is 6.42 Å². The van der Waals surface area contributed by atoms with Crippen LogP contribution in [0, 0.1) is 0 Å². The molecule has 0 fully saturated rings. The quantitative estimate of drug-likeness (QED) is 0.465. The molecular weight excluding hydrogens is 213 g/mol. The van der Waals surface area contributed by atoms with E-state index in [0.29, 0.717) is 6.42 Å². The van der Waals surface area contributed by atoms with Crippen molar-refractivity contribution in [2.75, 3.05) is 0 Å². The number of rotatable bonds is 10. The van der Waals surface area contributed by atoms with Crippen molar-refractivity contribution < 1.29 is 39.5 Å². The van der Waals surface area contributed by atoms with Crippen LogP contribution in [-0.2, 0) is 4.79 Å². The molecule has 0 aromatic carbocycles. The Morgan fingerprint density at radius 3 is 1.62 bits per heavy atom. The summed E-state index contributed by atoms with van der Waals surface area (Å²) in [7, 11) is 0. The van der Waals surface area contributed by atoms with Crippen LogP contribution in [0.25, 0.3) is 6.15 Å². The van der Waals surface area contributed by atoms with Crippen molar-refractivity contribution in [2.24, 2.45) is 0 Å². The molecule has 0 radical (unpaired) electrons. The van der Waals surface area contributed by atoms with E-state index in [1.54, 1.807) is 0 Å². The molecule has 0 aliphatic rings. The number of carbonyl (C=O) groups is 1. The average molecular weight is 239 g/mol. The van der Waals surface area contributed by atoms with Crippen molar-refractivity contribution in [1.29, 1.82) is 0 Å². The van der Waals surface area contributed by atoms with Gasteiger partial charge in [-0.3, -0.25) is 4.79 Å². The van der Waals surface area contributed by atoms with Crippen molar-refractivity contribution in [3.63, 3.8) is 0 Å². The summed E-state index contributed by atoms with van der Waals surface area (Å²) in [6, 6.07) is 0. The second-order valence-electron chi connectivity index (χ2n) is 3.97. The predicted octanol–water partition coefficient (Wildman–Crippen LogP) is 1.71. The molecule has 0 amide bonds. The van der Waals surface area contributed by atoms with Gasteiger partial charge in [-0.15, -0.1) is 0 Å². The number of unbranched alkanes of at least 4 members (excludes halogenated alkanes) is 8. The summed E-state index contributed by atoms with van der Waals surface area (Å²) in [5.41, 5.74) is 0. The summed E-state index contributed by atoms with van der Waals surface area (Å²) in [5, 5.41) is 8.41. The SMILES string of the molecule is CCCCCCCCCCCC(=O)O.[NH2-].[Na+]. The fraction of sp³-hybridized carbons (Fsp3) is 0.917. The van der Waals surface area contributed by atoms with Crippen molar-refractivity contribution in [1.82, 2.24) is 0 Å². The van der Waals surface area contributed by atoms with Crippen LogP contribution in [0.1, 0.15) is 71.1 Å². The molecule has 0 aromatic rings. The molecule has 0 spiro atoms. The topological polar surface area (TPSA) is 70.8 Å². The Balaban J connectivity index is -0.000000845. The predicted molar refractivity (Wildman–Crippen MR) is 64.8 cm³/mol. The zero-order valence-electron chi connectivity index (χ0n) is 11.0. The minimum absolute atomic E-state index is 0. The summed E-state index contributed by atoms with van der Waals surface area (Å²) in [5.74, 6) is -0.659. The molecule has 0 saturated carbocycles. The van der Waals surface area contributed by atoms with E-state index in [-0.39, 0.29) is 35.7 Å². The molecule has 0 unspecified atom stereocenters. The third-order valence-electron chi connectivity index (χ3n) is 2.49. The van der Waals surface area contributed by atoms with Gasteiger partial charge in [-0.25, -0.2) is 0 Å². The Labute approximate surface area is 122 Å². The molecule has 0 bridgehead atoms. The van der Waals surface area contributed by atoms with Gasteiger partial charge in [-0.1, -0.05) is 58.3 Å². The van der Waals surface area contributed by atoms with Crippen LogP contribution in [0.3, 0.4) is 0 Å². The summed E-state index contributed by atoms with van der Waals surface area (Å²) in [6.45, 7) is 2.23. The van der Waals surface area contributed by atoms with Crippen LogP contribution < -0.4 is 29.6 Å². The molecular formula is C12H26NNaO2. The number of nitrogens with two attached hydrogens (primary N) is 1. The smallest absolute Gasteiger partial charge is 0.693 e. The molecule has 92 valence electrons. The Morgan fingerprint density at radius 1 is 0.875 bits per heavy atom. The molecule has 3 N–H and O–H groups in total. The summed E-state index contributed by atoms with van der Waals surface area (Å²) < 4.78 is 0. The van der Waals surface area contributed by atoms with E-state index in [1.165, 1.54) is 44.9 Å². The molecule has 0 rings (SSSR count). The average Bonchev–Trinajstić information content (AvgIpc) is 2.15. The second kappa shape index (κ2) is 17.8. The van der Waals surface area contributed by atoms with Crippen LogP contribution in [0.2, 0.25) is 0 Å². The van der Waals surface area contributed by atoms with Gasteiger partial charge in [0, 0.05) is 6.42 Å². The standard InChI is InChI=1S/C12H24O2.H2N.Na/c1-2-3-4-5-6-7-8-9-10-11-12(13)14;;/h2-11H2,1H3,(H,13,14);1H2;/q;-1;+1. The maximum atomic E-state index is 10.2. The van der Waals surface area contributed by atoms with E-state index >= 15 is 0 Å². The largest absolute Gasteiger partial charge is 1.00 e. The summed E-state index contributed by atoms with van der Waals surface area (Å²) >= 11 is 0. The summed E-state index contributed by atoms with van der Waals surface area (Å²) in [6.07, 6.45) is 11.5. The van der Waals surface area contributed by atoms with Crippen LogP contribution >= 0.6 is 0 Å². The molecule has 3 nitrogen and oxygen atoms in total. The number of carboxylic acids is 1. The van der Waals surface area contributed by atoms with Gasteiger partial charge in [0.05, 0.1) is 0 Å². The second-order valence-corrected chi connectivity index (χ2v) is 3.97. The monoisotopic (exact) mass is 239 g/mol. The molecule has 0 aromatic heterocycles. The van der Waals surface area contributed by atoms with E-state index in [2.05, 4.69) is 6.92 Å². The molecule has 0 atom stereocenters. The molecule has 4 heteroatoms. The van der Waals surface area contributed by atoms with Gasteiger partial charge >= 0.3 is 35.5 Å². The van der Waals surface area contributed by atoms with Gasteiger partial charge in [0.15, 0.2) is 0 Å². The molecule has 0 saturated heterocycles. The van der Waals surface area contributed by atoms with Crippen LogP contribution in [-0.4, -0.2) is 11.1 Å². The van der Waals surface area contributed by atoms with Gasteiger partial charge in [0.25, 0.3) is 0 Å². The van der Waals surface area contributed by atoms with E-state index in [4.69, 9.17) is 5.11 Å². The van der Waals surface area contributed by atoms with Crippen LogP contribution in [0.4, 0.5) is 0 Å². The first-order valence-electron chi connectivity index (χ1n) is 5.99. The first kappa shape index (κ1) is 21.7. The molecule has 0 aliphatic heterocycles. The fourth-order valence-corrected chi connectivity index (χ4v) is 1.59. The van der Waals surface area contributed by atoms with E-state index < -0.39 is 5.97 Å². The van der Waals surface area contributed by atoms with E-state index in [0.717, 1.165) is 12.8 Å². The minimum Gasteiger partial charge on any atom is -0.693 e. The number of aliphatic carboxylic acids is 1. The third-order valence-corrected chi connectivity index (χ3v) is 2.49. The van der Waals surface area contributed by atoms with E-state index in [9.17, 15) is 4.79 Å². The van der Waals surface area contributed by atoms with Gasteiger partial charge in [0.1, 0.15) is 0 Å². The van der Waals surface area contributed by atoms with Gasteiger partial charge < -0.3 is 11.3 Å². The zero-order valence-corrected chi connectivity index (χ0v) is 13.0. The van der Waals surface area contributed by atoms with Crippen molar-refractivity contribution in [3.05, 3.63) is 6.15 Å². The molecule has 0 aliphatic carbocycles. The van der Waals surface area contributed by atoms with Crippen molar-refractivity contribution in [2.45, 2.75) is 71.1 Å². The Bertz CT molecular complexity index is 143. The van der Waals surface area contributed by atoms with Crippen molar-refractivity contribution >= 4 is 5.97 Å². The fourth-order valence-electron chi connectivity index (χ4n) is 1.59. The zero-order chi connectivity index (χ0) is 10.6. The number of carboxylic acid groups (broad SMARTS) is 1. The van der Waals surface area contributed by atoms with Gasteiger partial charge in [0.2, 0.25) is 0 Å². The first-order chi connectivity index (χ1) is 6.77.